The molecule has 86 valence electrons. The third-order valence-corrected chi connectivity index (χ3v) is 3.92. The van der Waals surface area contributed by atoms with E-state index in [1.807, 2.05) is 12.1 Å². The van der Waals surface area contributed by atoms with Crippen LogP contribution in [0.4, 0.5) is 0 Å². The van der Waals surface area contributed by atoms with Crippen molar-refractivity contribution in [1.82, 2.24) is 10.3 Å². The SMILES string of the molecule is C[C@H]1N[C@H]2C[C@@H]1C[C@H]2Oc1ccc(Cl)cn1. The first-order valence-electron chi connectivity index (χ1n) is 5.76. The molecular weight excluding hydrogens is 224 g/mol. The van der Waals surface area contributed by atoms with Crippen molar-refractivity contribution in [3.63, 3.8) is 0 Å². The number of rotatable bonds is 2. The highest BCUT2D eigenvalue weighted by Gasteiger charge is 2.44. The van der Waals surface area contributed by atoms with E-state index in [4.69, 9.17) is 16.3 Å². The molecule has 1 saturated heterocycles. The molecule has 2 bridgehead atoms. The Labute approximate surface area is 100 Å². The summed E-state index contributed by atoms with van der Waals surface area (Å²) < 4.78 is 5.88. The predicted molar refractivity (Wildman–Crippen MR) is 62.8 cm³/mol. The molecule has 0 amide bonds. The Bertz CT molecular complexity index is 379. The number of fused-ring (bicyclic) bond motifs is 2. The Hall–Kier alpha value is -0.800. The van der Waals surface area contributed by atoms with E-state index in [0.29, 0.717) is 23.0 Å². The zero-order valence-electron chi connectivity index (χ0n) is 9.19. The molecule has 1 aliphatic heterocycles. The maximum Gasteiger partial charge on any atom is 0.213 e. The van der Waals surface area contributed by atoms with Crippen LogP contribution in [-0.4, -0.2) is 23.2 Å². The smallest absolute Gasteiger partial charge is 0.213 e. The van der Waals surface area contributed by atoms with Gasteiger partial charge in [-0.2, -0.15) is 0 Å². The van der Waals surface area contributed by atoms with Crippen LogP contribution in [0.1, 0.15) is 19.8 Å². The molecule has 0 unspecified atom stereocenters. The van der Waals surface area contributed by atoms with Gasteiger partial charge in [-0.05, 0) is 31.7 Å². The summed E-state index contributed by atoms with van der Waals surface area (Å²) in [5.74, 6) is 1.44. The summed E-state index contributed by atoms with van der Waals surface area (Å²) >= 11 is 5.78. The standard InChI is InChI=1S/C12H15ClN2O/c1-7-8-4-10(15-7)11(5-8)16-12-3-2-9(13)6-14-12/h2-3,6-8,10-11,15H,4-5H2,1H3/t7-,8-,10+,11-/m1/s1. The molecule has 1 aliphatic carbocycles. The highest BCUT2D eigenvalue weighted by Crippen LogP contribution is 2.37. The van der Waals surface area contributed by atoms with Gasteiger partial charge >= 0.3 is 0 Å². The fraction of sp³-hybridized carbons (Fsp3) is 0.583. The third kappa shape index (κ3) is 1.78. The molecule has 0 aromatic carbocycles. The number of ether oxygens (including phenoxy) is 1. The normalized spacial score (nSPS) is 36.6. The summed E-state index contributed by atoms with van der Waals surface area (Å²) in [6.07, 6.45) is 4.28. The van der Waals surface area contributed by atoms with Gasteiger partial charge in [0.25, 0.3) is 0 Å². The van der Waals surface area contributed by atoms with Crippen LogP contribution in [0.2, 0.25) is 5.02 Å². The molecule has 0 radical (unpaired) electrons. The minimum atomic E-state index is 0.273. The van der Waals surface area contributed by atoms with Crippen molar-refractivity contribution in [2.24, 2.45) is 5.92 Å². The topological polar surface area (TPSA) is 34.1 Å². The number of hydrogen-bond donors (Lipinski definition) is 1. The third-order valence-electron chi connectivity index (χ3n) is 3.70. The molecule has 3 rings (SSSR count). The fourth-order valence-electron chi connectivity index (χ4n) is 2.81. The van der Waals surface area contributed by atoms with Gasteiger partial charge in [0.2, 0.25) is 5.88 Å². The molecule has 1 aromatic rings. The first-order chi connectivity index (χ1) is 7.72. The number of halogens is 1. The lowest BCUT2D eigenvalue weighted by Gasteiger charge is -2.27. The first-order valence-corrected chi connectivity index (χ1v) is 6.14. The quantitative estimate of drug-likeness (QED) is 0.858. The van der Waals surface area contributed by atoms with Crippen LogP contribution < -0.4 is 10.1 Å². The van der Waals surface area contributed by atoms with Crippen molar-refractivity contribution in [3.8, 4) is 5.88 Å². The lowest BCUT2D eigenvalue weighted by molar-refractivity contribution is 0.139. The Morgan fingerprint density at radius 3 is 2.88 bits per heavy atom. The van der Waals surface area contributed by atoms with Gasteiger partial charge in [-0.25, -0.2) is 4.98 Å². The van der Waals surface area contributed by atoms with Crippen molar-refractivity contribution in [2.75, 3.05) is 0 Å². The maximum absolute atomic E-state index is 5.88. The largest absolute Gasteiger partial charge is 0.473 e. The minimum absolute atomic E-state index is 0.273. The average molecular weight is 239 g/mol. The molecule has 1 saturated carbocycles. The van der Waals surface area contributed by atoms with Gasteiger partial charge in [0.05, 0.1) is 5.02 Å². The van der Waals surface area contributed by atoms with E-state index >= 15 is 0 Å². The Morgan fingerprint density at radius 2 is 2.31 bits per heavy atom. The minimum Gasteiger partial charge on any atom is -0.473 e. The summed E-state index contributed by atoms with van der Waals surface area (Å²) in [7, 11) is 0. The summed E-state index contributed by atoms with van der Waals surface area (Å²) in [6.45, 7) is 2.25. The molecule has 0 spiro atoms. The summed E-state index contributed by atoms with van der Waals surface area (Å²) in [5, 5.41) is 4.20. The molecule has 16 heavy (non-hydrogen) atoms. The summed E-state index contributed by atoms with van der Waals surface area (Å²) in [6, 6.07) is 4.78. The second kappa shape index (κ2) is 3.90. The zero-order valence-corrected chi connectivity index (χ0v) is 9.95. The number of aromatic nitrogens is 1. The zero-order chi connectivity index (χ0) is 11.1. The Kier molecular flexibility index (Phi) is 2.52. The van der Waals surface area contributed by atoms with E-state index in [1.54, 1.807) is 6.20 Å². The van der Waals surface area contributed by atoms with E-state index in [0.717, 1.165) is 12.3 Å². The molecule has 4 heteroatoms. The van der Waals surface area contributed by atoms with E-state index in [2.05, 4.69) is 17.2 Å². The van der Waals surface area contributed by atoms with Crippen LogP contribution in [0.25, 0.3) is 0 Å². The average Bonchev–Trinajstić information content (AvgIpc) is 2.80. The van der Waals surface area contributed by atoms with Crippen LogP contribution in [0, 0.1) is 5.92 Å². The Morgan fingerprint density at radius 1 is 1.44 bits per heavy atom. The Balaban J connectivity index is 1.66. The van der Waals surface area contributed by atoms with Crippen molar-refractivity contribution in [1.29, 1.82) is 0 Å². The van der Waals surface area contributed by atoms with E-state index in [9.17, 15) is 0 Å². The molecule has 2 fully saturated rings. The number of nitrogens with one attached hydrogen (secondary N) is 1. The van der Waals surface area contributed by atoms with Gasteiger partial charge in [-0.3, -0.25) is 0 Å². The number of hydrogen-bond acceptors (Lipinski definition) is 3. The second-order valence-electron chi connectivity index (χ2n) is 4.76. The van der Waals surface area contributed by atoms with Crippen LogP contribution in [0.5, 0.6) is 5.88 Å². The molecular formula is C12H15ClN2O. The molecule has 2 aliphatic rings. The number of pyridine rings is 1. The molecule has 1 N–H and O–H groups in total. The van der Waals surface area contributed by atoms with Crippen LogP contribution in [0.15, 0.2) is 18.3 Å². The predicted octanol–water partition coefficient (Wildman–Crippen LogP) is 2.25. The van der Waals surface area contributed by atoms with Crippen molar-refractivity contribution in [3.05, 3.63) is 23.4 Å². The number of nitrogens with zero attached hydrogens (tertiary/aromatic N) is 1. The monoisotopic (exact) mass is 238 g/mol. The van der Waals surface area contributed by atoms with Gasteiger partial charge in [-0.1, -0.05) is 11.6 Å². The van der Waals surface area contributed by atoms with E-state index in [-0.39, 0.29) is 6.10 Å². The maximum atomic E-state index is 5.88. The van der Waals surface area contributed by atoms with Crippen molar-refractivity contribution >= 4 is 11.6 Å². The lowest BCUT2D eigenvalue weighted by atomic mass is 10.0. The molecule has 2 heterocycles. The van der Waals surface area contributed by atoms with Crippen LogP contribution >= 0.6 is 11.6 Å². The molecule has 3 nitrogen and oxygen atoms in total. The van der Waals surface area contributed by atoms with Gasteiger partial charge in [0, 0.05) is 24.3 Å². The second-order valence-corrected chi connectivity index (χ2v) is 5.20. The fourth-order valence-corrected chi connectivity index (χ4v) is 2.92. The highest BCUT2D eigenvalue weighted by atomic mass is 35.5. The van der Waals surface area contributed by atoms with Gasteiger partial charge in [-0.15, -0.1) is 0 Å². The van der Waals surface area contributed by atoms with Gasteiger partial charge < -0.3 is 10.1 Å². The van der Waals surface area contributed by atoms with Gasteiger partial charge in [0.15, 0.2) is 0 Å². The summed E-state index contributed by atoms with van der Waals surface area (Å²) in [4.78, 5) is 4.16. The molecule has 1 aromatic heterocycles. The molecule has 4 atom stereocenters. The van der Waals surface area contributed by atoms with Crippen molar-refractivity contribution < 1.29 is 4.74 Å². The van der Waals surface area contributed by atoms with E-state index in [1.165, 1.54) is 6.42 Å². The summed E-state index contributed by atoms with van der Waals surface area (Å²) in [5.41, 5.74) is 0. The van der Waals surface area contributed by atoms with Crippen molar-refractivity contribution in [2.45, 2.75) is 38.0 Å². The van der Waals surface area contributed by atoms with Gasteiger partial charge in [0.1, 0.15) is 6.10 Å². The van der Waals surface area contributed by atoms with E-state index < -0.39 is 0 Å². The van der Waals surface area contributed by atoms with Crippen LogP contribution in [-0.2, 0) is 0 Å². The first kappa shape index (κ1) is 10.4. The lowest BCUT2D eigenvalue weighted by Crippen LogP contribution is -2.44. The number of piperidine rings is 1. The highest BCUT2D eigenvalue weighted by molar-refractivity contribution is 6.30. The van der Waals surface area contributed by atoms with Crippen LogP contribution in [0.3, 0.4) is 0 Å².